The van der Waals surface area contributed by atoms with Crippen molar-refractivity contribution >= 4 is 11.6 Å². The Morgan fingerprint density at radius 3 is 2.33 bits per heavy atom. The highest BCUT2D eigenvalue weighted by molar-refractivity contribution is 6.04. The maximum atomic E-state index is 12.8. The van der Waals surface area contributed by atoms with Crippen molar-refractivity contribution in [1.82, 2.24) is 0 Å². The van der Waals surface area contributed by atoms with Crippen molar-refractivity contribution in [3.63, 3.8) is 0 Å². The molecule has 3 rings (SSSR count). The molecule has 1 amide bonds. The Morgan fingerprint density at radius 2 is 1.67 bits per heavy atom. The van der Waals surface area contributed by atoms with E-state index >= 15 is 0 Å². The molecule has 30 heavy (non-hydrogen) atoms. The second-order valence-electron chi connectivity index (χ2n) is 7.46. The SMILES string of the molecule is CCOc1ccc(C(=O)Nc2ccc(C(C)C)cc2)cc1COCc1ccccc1. The molecule has 156 valence electrons. The molecule has 0 atom stereocenters. The quantitative estimate of drug-likeness (QED) is 0.464. The molecule has 0 aliphatic rings. The Labute approximate surface area is 178 Å². The standard InChI is InChI=1S/C26H29NO3/c1-4-30-25-15-12-22(16-23(25)18-29-17-20-8-6-5-7-9-20)26(28)27-24-13-10-21(11-14-24)19(2)3/h5-16,19H,4,17-18H2,1-3H3,(H,27,28). The molecule has 4 nitrogen and oxygen atoms in total. The Bertz CT molecular complexity index is 950. The normalized spacial score (nSPS) is 10.8. The third kappa shape index (κ3) is 5.94. The first-order valence-corrected chi connectivity index (χ1v) is 10.4. The van der Waals surface area contributed by atoms with Crippen LogP contribution in [0.15, 0.2) is 72.8 Å². The summed E-state index contributed by atoms with van der Waals surface area (Å²) in [6.45, 7) is 7.67. The lowest BCUT2D eigenvalue weighted by atomic mass is 10.0. The van der Waals surface area contributed by atoms with E-state index in [9.17, 15) is 4.79 Å². The Balaban J connectivity index is 1.69. The molecule has 0 aliphatic carbocycles. The van der Waals surface area contributed by atoms with Crippen LogP contribution in [-0.2, 0) is 18.0 Å². The van der Waals surface area contributed by atoms with Gasteiger partial charge in [0.1, 0.15) is 5.75 Å². The van der Waals surface area contributed by atoms with Crippen LogP contribution < -0.4 is 10.1 Å². The fraction of sp³-hybridized carbons (Fsp3) is 0.269. The lowest BCUT2D eigenvalue weighted by molar-refractivity contribution is 0.101. The van der Waals surface area contributed by atoms with Gasteiger partial charge >= 0.3 is 0 Å². The maximum absolute atomic E-state index is 12.8. The van der Waals surface area contributed by atoms with Crippen LogP contribution in [0.1, 0.15) is 53.7 Å². The Morgan fingerprint density at radius 1 is 0.933 bits per heavy atom. The molecule has 4 heteroatoms. The lowest BCUT2D eigenvalue weighted by Gasteiger charge is -2.13. The first-order chi connectivity index (χ1) is 14.6. The van der Waals surface area contributed by atoms with Gasteiger partial charge in [-0.3, -0.25) is 4.79 Å². The molecule has 0 saturated carbocycles. The van der Waals surface area contributed by atoms with Crippen LogP contribution in [0.25, 0.3) is 0 Å². The number of benzene rings is 3. The zero-order valence-electron chi connectivity index (χ0n) is 17.9. The van der Waals surface area contributed by atoms with Crippen LogP contribution in [-0.4, -0.2) is 12.5 Å². The lowest BCUT2D eigenvalue weighted by Crippen LogP contribution is -2.13. The van der Waals surface area contributed by atoms with Crippen molar-refractivity contribution < 1.29 is 14.3 Å². The minimum absolute atomic E-state index is 0.153. The molecule has 0 fully saturated rings. The summed E-state index contributed by atoms with van der Waals surface area (Å²) in [5.74, 6) is 1.04. The highest BCUT2D eigenvalue weighted by Gasteiger charge is 2.12. The average molecular weight is 404 g/mol. The van der Waals surface area contributed by atoms with E-state index in [1.807, 2.05) is 73.7 Å². The summed E-state index contributed by atoms with van der Waals surface area (Å²) >= 11 is 0. The predicted molar refractivity (Wildman–Crippen MR) is 121 cm³/mol. The molecule has 0 saturated heterocycles. The number of nitrogens with one attached hydrogen (secondary N) is 1. The smallest absolute Gasteiger partial charge is 0.255 e. The third-order valence-electron chi connectivity index (χ3n) is 4.83. The zero-order valence-corrected chi connectivity index (χ0v) is 17.9. The molecule has 3 aromatic carbocycles. The van der Waals surface area contributed by atoms with Gasteiger partial charge in [-0.2, -0.15) is 0 Å². The second-order valence-corrected chi connectivity index (χ2v) is 7.46. The fourth-order valence-electron chi connectivity index (χ4n) is 3.14. The number of carbonyl (C=O) groups excluding carboxylic acids is 1. The third-order valence-corrected chi connectivity index (χ3v) is 4.83. The average Bonchev–Trinajstić information content (AvgIpc) is 2.76. The topological polar surface area (TPSA) is 47.6 Å². The van der Waals surface area contributed by atoms with Gasteiger partial charge in [-0.1, -0.05) is 56.3 Å². The van der Waals surface area contributed by atoms with Gasteiger partial charge < -0.3 is 14.8 Å². The minimum atomic E-state index is -0.153. The van der Waals surface area contributed by atoms with Crippen molar-refractivity contribution in [1.29, 1.82) is 0 Å². The molecule has 0 spiro atoms. The molecule has 0 heterocycles. The van der Waals surface area contributed by atoms with E-state index in [1.165, 1.54) is 5.56 Å². The summed E-state index contributed by atoms with van der Waals surface area (Å²) in [5, 5.41) is 2.96. The van der Waals surface area contributed by atoms with E-state index in [4.69, 9.17) is 9.47 Å². The summed E-state index contributed by atoms with van der Waals surface area (Å²) in [6.07, 6.45) is 0. The van der Waals surface area contributed by atoms with Gasteiger partial charge in [0.25, 0.3) is 5.91 Å². The van der Waals surface area contributed by atoms with E-state index in [0.29, 0.717) is 31.3 Å². The van der Waals surface area contributed by atoms with E-state index in [0.717, 1.165) is 22.6 Å². The van der Waals surface area contributed by atoms with Gasteiger partial charge in [-0.05, 0) is 54.3 Å². The van der Waals surface area contributed by atoms with Gasteiger partial charge in [0.05, 0.1) is 19.8 Å². The molecule has 3 aromatic rings. The van der Waals surface area contributed by atoms with Crippen molar-refractivity contribution in [2.45, 2.75) is 39.9 Å². The van der Waals surface area contributed by atoms with Crippen molar-refractivity contribution in [2.24, 2.45) is 0 Å². The number of amides is 1. The van der Waals surface area contributed by atoms with Crippen LogP contribution in [0.5, 0.6) is 5.75 Å². The number of carbonyl (C=O) groups is 1. The number of anilines is 1. The van der Waals surface area contributed by atoms with Gasteiger partial charge in [0.15, 0.2) is 0 Å². The summed E-state index contributed by atoms with van der Waals surface area (Å²) in [5.41, 5.74) is 4.56. The largest absolute Gasteiger partial charge is 0.494 e. The minimum Gasteiger partial charge on any atom is -0.494 e. The van der Waals surface area contributed by atoms with Crippen LogP contribution in [0, 0.1) is 0 Å². The summed E-state index contributed by atoms with van der Waals surface area (Å²) in [7, 11) is 0. The van der Waals surface area contributed by atoms with Crippen LogP contribution in [0.2, 0.25) is 0 Å². The van der Waals surface area contributed by atoms with Crippen molar-refractivity contribution in [3.8, 4) is 5.75 Å². The van der Waals surface area contributed by atoms with Gasteiger partial charge in [0, 0.05) is 16.8 Å². The molecule has 0 aromatic heterocycles. The molecular formula is C26H29NO3. The summed E-state index contributed by atoms with van der Waals surface area (Å²) < 4.78 is 11.6. The second kappa shape index (κ2) is 10.6. The van der Waals surface area contributed by atoms with E-state index in [1.54, 1.807) is 6.07 Å². The van der Waals surface area contributed by atoms with E-state index in [-0.39, 0.29) is 5.91 Å². The number of hydrogen-bond acceptors (Lipinski definition) is 3. The number of hydrogen-bond donors (Lipinski definition) is 1. The molecule has 0 radical (unpaired) electrons. The van der Waals surface area contributed by atoms with Crippen LogP contribution in [0.4, 0.5) is 5.69 Å². The fourth-order valence-corrected chi connectivity index (χ4v) is 3.14. The molecule has 0 unspecified atom stereocenters. The Kier molecular flexibility index (Phi) is 7.63. The van der Waals surface area contributed by atoms with Crippen molar-refractivity contribution in [2.75, 3.05) is 11.9 Å². The first kappa shape index (κ1) is 21.6. The van der Waals surface area contributed by atoms with Crippen molar-refractivity contribution in [3.05, 3.63) is 95.1 Å². The number of rotatable bonds is 9. The van der Waals surface area contributed by atoms with Crippen LogP contribution >= 0.6 is 0 Å². The van der Waals surface area contributed by atoms with Crippen LogP contribution in [0.3, 0.4) is 0 Å². The highest BCUT2D eigenvalue weighted by Crippen LogP contribution is 2.23. The maximum Gasteiger partial charge on any atom is 0.255 e. The monoisotopic (exact) mass is 403 g/mol. The van der Waals surface area contributed by atoms with E-state index < -0.39 is 0 Å². The van der Waals surface area contributed by atoms with Gasteiger partial charge in [-0.25, -0.2) is 0 Å². The molecule has 1 N–H and O–H groups in total. The number of ether oxygens (including phenoxy) is 2. The zero-order chi connectivity index (χ0) is 21.3. The molecular weight excluding hydrogens is 374 g/mol. The molecule has 0 bridgehead atoms. The van der Waals surface area contributed by atoms with Gasteiger partial charge in [0.2, 0.25) is 0 Å². The first-order valence-electron chi connectivity index (χ1n) is 10.4. The predicted octanol–water partition coefficient (Wildman–Crippen LogP) is 6.18. The highest BCUT2D eigenvalue weighted by atomic mass is 16.5. The Hall–Kier alpha value is -3.11. The molecule has 0 aliphatic heterocycles. The summed E-state index contributed by atoms with van der Waals surface area (Å²) in [4.78, 5) is 12.8. The van der Waals surface area contributed by atoms with Gasteiger partial charge in [-0.15, -0.1) is 0 Å². The summed E-state index contributed by atoms with van der Waals surface area (Å²) in [6, 6.07) is 23.4. The van der Waals surface area contributed by atoms with E-state index in [2.05, 4.69) is 19.2 Å².